The smallest absolute Gasteiger partial charge is 0.340 e. The average Bonchev–Trinajstić information content (AvgIpc) is 2.78. The Labute approximate surface area is 96.7 Å². The molecule has 1 aliphatic heterocycles. The van der Waals surface area contributed by atoms with E-state index in [1.165, 1.54) is 0 Å². The molecule has 1 aromatic rings. The van der Waals surface area contributed by atoms with Crippen LogP contribution in [-0.2, 0) is 6.54 Å². The zero-order valence-electron chi connectivity index (χ0n) is 9.11. The van der Waals surface area contributed by atoms with Crippen molar-refractivity contribution in [2.45, 2.75) is 19.1 Å². The largest absolute Gasteiger partial charge is 0.393 e. The Morgan fingerprint density at radius 1 is 1.35 bits per heavy atom. The number of rotatable bonds is 2. The quantitative estimate of drug-likeness (QED) is 0.855. The van der Waals surface area contributed by atoms with E-state index in [-0.39, 0.29) is 13.0 Å². The highest BCUT2D eigenvalue weighted by atomic mass is 19.4. The SMILES string of the molecule is NCc1cnc(N2CCC(C(F)(F)F)C2)nc1. The summed E-state index contributed by atoms with van der Waals surface area (Å²) in [5.74, 6) is -0.936. The zero-order valence-corrected chi connectivity index (χ0v) is 9.11. The first-order chi connectivity index (χ1) is 8.00. The van der Waals surface area contributed by atoms with Crippen LogP contribution in [0, 0.1) is 5.92 Å². The van der Waals surface area contributed by atoms with Gasteiger partial charge in [0.2, 0.25) is 5.95 Å². The van der Waals surface area contributed by atoms with Gasteiger partial charge in [-0.3, -0.25) is 0 Å². The molecule has 0 radical (unpaired) electrons. The fourth-order valence-corrected chi connectivity index (χ4v) is 1.83. The highest BCUT2D eigenvalue weighted by Gasteiger charge is 2.44. The van der Waals surface area contributed by atoms with E-state index >= 15 is 0 Å². The number of nitrogens with two attached hydrogens (primary N) is 1. The summed E-state index contributed by atoms with van der Waals surface area (Å²) in [4.78, 5) is 9.59. The monoisotopic (exact) mass is 246 g/mol. The molecule has 0 saturated carbocycles. The molecule has 0 aromatic carbocycles. The molecule has 4 nitrogen and oxygen atoms in total. The molecule has 0 aliphatic carbocycles. The van der Waals surface area contributed by atoms with E-state index in [2.05, 4.69) is 9.97 Å². The normalized spacial score (nSPS) is 20.9. The fourth-order valence-electron chi connectivity index (χ4n) is 1.83. The van der Waals surface area contributed by atoms with Crippen LogP contribution < -0.4 is 10.6 Å². The molecule has 17 heavy (non-hydrogen) atoms. The first kappa shape index (κ1) is 12.1. The highest BCUT2D eigenvalue weighted by Crippen LogP contribution is 2.34. The summed E-state index contributed by atoms with van der Waals surface area (Å²) >= 11 is 0. The van der Waals surface area contributed by atoms with Crippen molar-refractivity contribution >= 4 is 5.95 Å². The Hall–Kier alpha value is -1.37. The predicted molar refractivity (Wildman–Crippen MR) is 56.3 cm³/mol. The third-order valence-electron chi connectivity index (χ3n) is 2.86. The maximum atomic E-state index is 12.5. The number of hydrogen-bond donors (Lipinski definition) is 1. The third-order valence-corrected chi connectivity index (χ3v) is 2.86. The Morgan fingerprint density at radius 2 is 2.00 bits per heavy atom. The standard InChI is InChI=1S/C10H13F3N4/c11-10(12,13)8-1-2-17(6-8)9-15-4-7(3-14)5-16-9/h4-5,8H,1-3,6,14H2. The van der Waals surface area contributed by atoms with Gasteiger partial charge in [0.15, 0.2) is 0 Å². The van der Waals surface area contributed by atoms with Crippen LogP contribution in [-0.4, -0.2) is 29.2 Å². The van der Waals surface area contributed by atoms with Crippen molar-refractivity contribution < 1.29 is 13.2 Å². The summed E-state index contributed by atoms with van der Waals surface area (Å²) in [7, 11) is 0. The molecule has 1 unspecified atom stereocenters. The maximum absolute atomic E-state index is 12.5. The van der Waals surface area contributed by atoms with Crippen LogP contribution in [0.3, 0.4) is 0 Å². The predicted octanol–water partition coefficient (Wildman–Crippen LogP) is 1.32. The third kappa shape index (κ3) is 2.66. The van der Waals surface area contributed by atoms with Crippen LogP contribution >= 0.6 is 0 Å². The first-order valence-electron chi connectivity index (χ1n) is 5.33. The van der Waals surface area contributed by atoms with Gasteiger partial charge in [0.1, 0.15) is 0 Å². The Morgan fingerprint density at radius 3 is 2.47 bits per heavy atom. The average molecular weight is 246 g/mol. The second kappa shape index (κ2) is 4.48. The van der Waals surface area contributed by atoms with Gasteiger partial charge in [0.25, 0.3) is 0 Å². The molecule has 0 spiro atoms. The van der Waals surface area contributed by atoms with Crippen molar-refractivity contribution in [3.63, 3.8) is 0 Å². The van der Waals surface area contributed by atoms with Crippen molar-refractivity contribution in [2.75, 3.05) is 18.0 Å². The Balaban J connectivity index is 2.05. The molecule has 2 N–H and O–H groups in total. The minimum Gasteiger partial charge on any atom is -0.340 e. The molecular weight excluding hydrogens is 233 g/mol. The number of nitrogens with zero attached hydrogens (tertiary/aromatic N) is 3. The molecule has 7 heteroatoms. The molecule has 2 heterocycles. The number of alkyl halides is 3. The van der Waals surface area contributed by atoms with Gasteiger partial charge in [-0.15, -0.1) is 0 Å². The van der Waals surface area contributed by atoms with Crippen LogP contribution in [0.2, 0.25) is 0 Å². The van der Waals surface area contributed by atoms with Gasteiger partial charge in [-0.05, 0) is 6.42 Å². The molecule has 1 aliphatic rings. The van der Waals surface area contributed by atoms with Crippen molar-refractivity contribution in [1.29, 1.82) is 0 Å². The van der Waals surface area contributed by atoms with Gasteiger partial charge < -0.3 is 10.6 Å². The van der Waals surface area contributed by atoms with Gasteiger partial charge >= 0.3 is 6.18 Å². The van der Waals surface area contributed by atoms with Crippen LogP contribution in [0.4, 0.5) is 19.1 Å². The Kier molecular flexibility index (Phi) is 3.19. The molecule has 0 bridgehead atoms. The molecule has 94 valence electrons. The second-order valence-corrected chi connectivity index (χ2v) is 4.07. The van der Waals surface area contributed by atoms with E-state index in [4.69, 9.17) is 5.73 Å². The van der Waals surface area contributed by atoms with Crippen molar-refractivity contribution in [3.05, 3.63) is 18.0 Å². The van der Waals surface area contributed by atoms with Gasteiger partial charge in [0, 0.05) is 37.6 Å². The minimum absolute atomic E-state index is 0.0640. The summed E-state index contributed by atoms with van der Waals surface area (Å²) in [6.07, 6.45) is -0.941. The van der Waals surface area contributed by atoms with E-state index < -0.39 is 12.1 Å². The summed E-state index contributed by atoms with van der Waals surface area (Å²) in [6.45, 7) is 0.600. The molecule has 1 fully saturated rings. The lowest BCUT2D eigenvalue weighted by molar-refractivity contribution is -0.168. The molecule has 1 atom stereocenters. The number of hydrogen-bond acceptors (Lipinski definition) is 4. The van der Waals surface area contributed by atoms with E-state index in [0.717, 1.165) is 5.56 Å². The van der Waals surface area contributed by atoms with Crippen LogP contribution in [0.1, 0.15) is 12.0 Å². The minimum atomic E-state index is -4.13. The fraction of sp³-hybridized carbons (Fsp3) is 0.600. The van der Waals surface area contributed by atoms with Crippen LogP contribution in [0.25, 0.3) is 0 Å². The lowest BCUT2D eigenvalue weighted by Crippen LogP contribution is -2.28. The van der Waals surface area contributed by atoms with E-state index in [0.29, 0.717) is 19.0 Å². The number of aromatic nitrogens is 2. The lowest BCUT2D eigenvalue weighted by atomic mass is 10.1. The van der Waals surface area contributed by atoms with Gasteiger partial charge in [-0.1, -0.05) is 0 Å². The van der Waals surface area contributed by atoms with E-state index in [1.807, 2.05) is 0 Å². The summed E-state index contributed by atoms with van der Waals surface area (Å²) in [6, 6.07) is 0. The molecule has 1 saturated heterocycles. The lowest BCUT2D eigenvalue weighted by Gasteiger charge is -2.17. The first-order valence-corrected chi connectivity index (χ1v) is 5.33. The van der Waals surface area contributed by atoms with Crippen LogP contribution in [0.15, 0.2) is 12.4 Å². The maximum Gasteiger partial charge on any atom is 0.393 e. The summed E-state index contributed by atoms with van der Waals surface area (Å²) < 4.78 is 37.5. The molecule has 2 rings (SSSR count). The van der Waals surface area contributed by atoms with Gasteiger partial charge in [0.05, 0.1) is 5.92 Å². The summed E-state index contributed by atoms with van der Waals surface area (Å²) in [5.41, 5.74) is 6.15. The van der Waals surface area contributed by atoms with E-state index in [9.17, 15) is 13.2 Å². The van der Waals surface area contributed by atoms with E-state index in [1.54, 1.807) is 17.3 Å². The Bertz CT molecular complexity index is 376. The number of halogens is 3. The van der Waals surface area contributed by atoms with Crippen molar-refractivity contribution in [1.82, 2.24) is 9.97 Å². The second-order valence-electron chi connectivity index (χ2n) is 4.07. The molecular formula is C10H13F3N4. The molecule has 0 amide bonds. The van der Waals surface area contributed by atoms with Crippen molar-refractivity contribution in [3.8, 4) is 0 Å². The van der Waals surface area contributed by atoms with Crippen LogP contribution in [0.5, 0.6) is 0 Å². The summed E-state index contributed by atoms with van der Waals surface area (Å²) in [5, 5.41) is 0. The topological polar surface area (TPSA) is 55.0 Å². The van der Waals surface area contributed by atoms with Gasteiger partial charge in [-0.25, -0.2) is 9.97 Å². The zero-order chi connectivity index (χ0) is 12.5. The highest BCUT2D eigenvalue weighted by molar-refractivity contribution is 5.31. The molecule has 1 aromatic heterocycles. The number of anilines is 1. The van der Waals surface area contributed by atoms with Gasteiger partial charge in [-0.2, -0.15) is 13.2 Å². The van der Waals surface area contributed by atoms with Crippen molar-refractivity contribution in [2.24, 2.45) is 11.7 Å².